The van der Waals surface area contributed by atoms with E-state index in [0.717, 1.165) is 5.56 Å². The zero-order valence-corrected chi connectivity index (χ0v) is 14.1. The van der Waals surface area contributed by atoms with Crippen molar-refractivity contribution in [3.05, 3.63) is 82.4 Å². The number of benzene rings is 2. The molecule has 0 spiro atoms. The fraction of sp³-hybridized carbons (Fsp3) is 0.167. The molecule has 0 bridgehead atoms. The number of hydrogen-bond acceptors (Lipinski definition) is 5. The molecule has 0 radical (unpaired) electrons. The van der Waals surface area contributed by atoms with Crippen molar-refractivity contribution in [3.8, 4) is 5.69 Å². The van der Waals surface area contributed by atoms with Crippen molar-refractivity contribution in [3.63, 3.8) is 0 Å². The van der Waals surface area contributed by atoms with E-state index in [1.807, 2.05) is 37.3 Å². The SMILES string of the molecule is C[C@@H](CNC(=O)c1ccc(-n2cncn2)c([N+](=O)[O-])c1)c1ccccc1. The minimum atomic E-state index is -0.541. The van der Waals surface area contributed by atoms with Gasteiger partial charge in [0.05, 0.1) is 4.92 Å². The van der Waals surface area contributed by atoms with Crippen LogP contribution in [0.1, 0.15) is 28.8 Å². The molecule has 1 amide bonds. The van der Waals surface area contributed by atoms with Crippen LogP contribution >= 0.6 is 0 Å². The summed E-state index contributed by atoms with van der Waals surface area (Å²) in [6.07, 6.45) is 2.65. The van der Waals surface area contributed by atoms with Gasteiger partial charge in [0, 0.05) is 18.2 Å². The van der Waals surface area contributed by atoms with Crippen LogP contribution in [0.2, 0.25) is 0 Å². The van der Waals surface area contributed by atoms with Gasteiger partial charge in [-0.05, 0) is 23.6 Å². The van der Waals surface area contributed by atoms with Gasteiger partial charge in [-0.3, -0.25) is 14.9 Å². The van der Waals surface area contributed by atoms with Gasteiger partial charge in [0.2, 0.25) is 0 Å². The van der Waals surface area contributed by atoms with Crippen LogP contribution in [-0.2, 0) is 0 Å². The average Bonchev–Trinajstić information content (AvgIpc) is 3.20. The highest BCUT2D eigenvalue weighted by molar-refractivity contribution is 5.95. The van der Waals surface area contributed by atoms with E-state index in [0.29, 0.717) is 6.54 Å². The molecule has 8 nitrogen and oxygen atoms in total. The molecule has 3 rings (SSSR count). The van der Waals surface area contributed by atoms with E-state index in [1.165, 1.54) is 35.5 Å². The van der Waals surface area contributed by atoms with Crippen LogP contribution in [0.3, 0.4) is 0 Å². The molecular formula is C18H17N5O3. The van der Waals surface area contributed by atoms with E-state index in [9.17, 15) is 14.9 Å². The topological polar surface area (TPSA) is 103 Å². The van der Waals surface area contributed by atoms with Gasteiger partial charge < -0.3 is 5.32 Å². The molecule has 132 valence electrons. The fourth-order valence-corrected chi connectivity index (χ4v) is 2.58. The third kappa shape index (κ3) is 3.75. The van der Waals surface area contributed by atoms with Gasteiger partial charge in [-0.25, -0.2) is 9.67 Å². The predicted molar refractivity (Wildman–Crippen MR) is 95.2 cm³/mol. The maximum Gasteiger partial charge on any atom is 0.295 e. The monoisotopic (exact) mass is 351 g/mol. The Balaban J connectivity index is 1.75. The van der Waals surface area contributed by atoms with E-state index < -0.39 is 4.92 Å². The summed E-state index contributed by atoms with van der Waals surface area (Å²) in [4.78, 5) is 27.0. The van der Waals surface area contributed by atoms with Gasteiger partial charge in [0.25, 0.3) is 11.6 Å². The van der Waals surface area contributed by atoms with Crippen molar-refractivity contribution in [1.29, 1.82) is 0 Å². The van der Waals surface area contributed by atoms with Crippen LogP contribution in [0.15, 0.2) is 61.2 Å². The molecule has 2 aromatic carbocycles. The highest BCUT2D eigenvalue weighted by Gasteiger charge is 2.19. The summed E-state index contributed by atoms with van der Waals surface area (Å²) in [5.74, 6) is -0.231. The van der Waals surface area contributed by atoms with Gasteiger partial charge in [0.1, 0.15) is 18.3 Å². The second-order valence-electron chi connectivity index (χ2n) is 5.82. The average molecular weight is 351 g/mol. The summed E-state index contributed by atoms with van der Waals surface area (Å²) in [5, 5.41) is 18.1. The summed E-state index contributed by atoms with van der Waals surface area (Å²) in [7, 11) is 0. The number of nitro groups is 1. The van der Waals surface area contributed by atoms with Crippen LogP contribution in [0, 0.1) is 10.1 Å². The van der Waals surface area contributed by atoms with Gasteiger partial charge in [-0.2, -0.15) is 5.10 Å². The van der Waals surface area contributed by atoms with E-state index >= 15 is 0 Å². The first-order valence-corrected chi connectivity index (χ1v) is 8.03. The Kier molecular flexibility index (Phi) is 5.02. The molecule has 1 atom stereocenters. The van der Waals surface area contributed by atoms with E-state index in [4.69, 9.17) is 0 Å². The quantitative estimate of drug-likeness (QED) is 0.543. The largest absolute Gasteiger partial charge is 0.351 e. The van der Waals surface area contributed by atoms with Crippen molar-refractivity contribution in [1.82, 2.24) is 20.1 Å². The fourth-order valence-electron chi connectivity index (χ4n) is 2.58. The molecule has 0 fully saturated rings. The van der Waals surface area contributed by atoms with Crippen molar-refractivity contribution in [2.45, 2.75) is 12.8 Å². The van der Waals surface area contributed by atoms with Crippen molar-refractivity contribution >= 4 is 11.6 Å². The molecule has 0 aliphatic heterocycles. The van der Waals surface area contributed by atoms with Crippen molar-refractivity contribution in [2.75, 3.05) is 6.54 Å². The zero-order valence-electron chi connectivity index (χ0n) is 14.1. The Morgan fingerprint density at radius 3 is 2.69 bits per heavy atom. The van der Waals surface area contributed by atoms with E-state index in [1.54, 1.807) is 0 Å². The van der Waals surface area contributed by atoms with E-state index in [2.05, 4.69) is 15.4 Å². The zero-order chi connectivity index (χ0) is 18.5. The smallest absolute Gasteiger partial charge is 0.295 e. The number of nitro benzene ring substituents is 1. The minimum absolute atomic E-state index is 0.129. The Hall–Kier alpha value is -3.55. The van der Waals surface area contributed by atoms with Gasteiger partial charge in [0.15, 0.2) is 0 Å². The third-order valence-electron chi connectivity index (χ3n) is 4.04. The Bertz CT molecular complexity index is 910. The van der Waals surface area contributed by atoms with Crippen LogP contribution in [-0.4, -0.2) is 32.1 Å². The summed E-state index contributed by atoms with van der Waals surface area (Å²) < 4.78 is 1.29. The molecule has 0 aliphatic carbocycles. The lowest BCUT2D eigenvalue weighted by atomic mass is 10.0. The number of carbonyl (C=O) groups excluding carboxylic acids is 1. The maximum absolute atomic E-state index is 12.4. The predicted octanol–water partition coefficient (Wildman–Crippen LogP) is 2.71. The molecule has 3 aromatic rings. The van der Waals surface area contributed by atoms with Crippen molar-refractivity contribution < 1.29 is 9.72 Å². The number of amides is 1. The lowest BCUT2D eigenvalue weighted by Gasteiger charge is -2.13. The molecule has 1 N–H and O–H groups in total. The lowest BCUT2D eigenvalue weighted by molar-refractivity contribution is -0.384. The van der Waals surface area contributed by atoms with Crippen LogP contribution < -0.4 is 5.32 Å². The minimum Gasteiger partial charge on any atom is -0.351 e. The Morgan fingerprint density at radius 2 is 2.04 bits per heavy atom. The summed E-state index contributed by atoms with van der Waals surface area (Å²) in [6.45, 7) is 2.44. The molecular weight excluding hydrogens is 334 g/mol. The Morgan fingerprint density at radius 1 is 1.27 bits per heavy atom. The standard InChI is InChI=1S/C18H17N5O3/c1-13(14-5-3-2-4-6-14)10-20-18(24)15-7-8-16(17(9-15)23(25)26)22-12-19-11-21-22/h2-9,11-13H,10H2,1H3,(H,20,24)/t13-/m0/s1. The van der Waals surface area contributed by atoms with Gasteiger partial charge >= 0.3 is 0 Å². The number of hydrogen-bond donors (Lipinski definition) is 1. The number of carbonyl (C=O) groups is 1. The number of nitrogens with zero attached hydrogens (tertiary/aromatic N) is 4. The summed E-state index contributed by atoms with van der Waals surface area (Å²) >= 11 is 0. The molecule has 0 saturated heterocycles. The van der Waals surface area contributed by atoms with Crippen LogP contribution in [0.4, 0.5) is 5.69 Å². The molecule has 0 saturated carbocycles. The van der Waals surface area contributed by atoms with Gasteiger partial charge in [-0.15, -0.1) is 0 Å². The summed E-state index contributed by atoms with van der Waals surface area (Å²) in [5.41, 5.74) is 1.38. The molecule has 8 heteroatoms. The van der Waals surface area contributed by atoms with Crippen molar-refractivity contribution in [2.24, 2.45) is 0 Å². The Labute approximate surface area is 149 Å². The van der Waals surface area contributed by atoms with E-state index in [-0.39, 0.29) is 28.8 Å². The number of rotatable bonds is 6. The molecule has 1 heterocycles. The van der Waals surface area contributed by atoms with Crippen LogP contribution in [0.25, 0.3) is 5.69 Å². The normalized spacial score (nSPS) is 11.7. The second kappa shape index (κ2) is 7.56. The molecule has 26 heavy (non-hydrogen) atoms. The molecule has 0 aliphatic rings. The molecule has 1 aromatic heterocycles. The highest BCUT2D eigenvalue weighted by atomic mass is 16.6. The van der Waals surface area contributed by atoms with Crippen LogP contribution in [0.5, 0.6) is 0 Å². The molecule has 0 unspecified atom stereocenters. The number of nitrogens with one attached hydrogen (secondary N) is 1. The first-order chi connectivity index (χ1) is 12.6. The highest BCUT2D eigenvalue weighted by Crippen LogP contribution is 2.23. The third-order valence-corrected chi connectivity index (χ3v) is 4.04. The first kappa shape index (κ1) is 17.3. The second-order valence-corrected chi connectivity index (χ2v) is 5.82. The van der Waals surface area contributed by atoms with Gasteiger partial charge in [-0.1, -0.05) is 37.3 Å². The maximum atomic E-state index is 12.4. The first-order valence-electron chi connectivity index (χ1n) is 8.03. The lowest BCUT2D eigenvalue weighted by Crippen LogP contribution is -2.27. The number of aromatic nitrogens is 3. The summed E-state index contributed by atoms with van der Waals surface area (Å²) in [6, 6.07) is 14.1.